The summed E-state index contributed by atoms with van der Waals surface area (Å²) in [4.78, 5) is 11.8. The third-order valence-corrected chi connectivity index (χ3v) is 8.99. The molecule has 20 heavy (non-hydrogen) atoms. The summed E-state index contributed by atoms with van der Waals surface area (Å²) in [5.74, 6) is -0.392. The number of carbonyl (C=O) groups excluding carboxylic acids is 1. The zero-order valence-corrected chi connectivity index (χ0v) is 14.8. The Morgan fingerprint density at radius 1 is 1.35 bits per heavy atom. The van der Waals surface area contributed by atoms with Gasteiger partial charge in [-0.05, 0) is 25.1 Å². The van der Waals surface area contributed by atoms with Crippen LogP contribution in [-0.4, -0.2) is 44.3 Å². The van der Waals surface area contributed by atoms with Gasteiger partial charge < -0.3 is 18.6 Å². The lowest BCUT2D eigenvalue weighted by Crippen LogP contribution is -2.44. The second-order valence-corrected chi connectivity index (χ2v) is 12.7. The summed E-state index contributed by atoms with van der Waals surface area (Å²) in [6, 6.07) is 0. The number of fused-ring (bicyclic) bond motifs is 1. The maximum Gasteiger partial charge on any atom is 0.338 e. The molecule has 2 aliphatic heterocycles. The summed E-state index contributed by atoms with van der Waals surface area (Å²) in [5, 5.41) is -0.926. The van der Waals surface area contributed by atoms with Crippen LogP contribution in [0.4, 0.5) is 0 Å². The summed E-state index contributed by atoms with van der Waals surface area (Å²) >= 11 is 4.22. The van der Waals surface area contributed by atoms with Crippen molar-refractivity contribution in [3.63, 3.8) is 0 Å². The first kappa shape index (κ1) is 16.3. The molecule has 0 aromatic carbocycles. The van der Waals surface area contributed by atoms with Crippen LogP contribution in [0.2, 0.25) is 18.1 Å². The normalized spacial score (nSPS) is 38.0. The average molecular weight is 320 g/mol. The Balaban J connectivity index is 2.00. The van der Waals surface area contributed by atoms with E-state index < -0.39 is 37.7 Å². The lowest BCUT2D eigenvalue weighted by atomic mass is 10.1. The van der Waals surface area contributed by atoms with Crippen LogP contribution in [0.25, 0.3) is 0 Å². The summed E-state index contributed by atoms with van der Waals surface area (Å²) in [7, 11) is -1.88. The van der Waals surface area contributed by atoms with Crippen molar-refractivity contribution in [3.05, 3.63) is 0 Å². The van der Waals surface area contributed by atoms with Crippen LogP contribution in [0.3, 0.4) is 0 Å². The summed E-state index contributed by atoms with van der Waals surface area (Å²) in [6.07, 6.45) is -1.55. The minimum absolute atomic E-state index is 0.111. The lowest BCUT2D eigenvalue weighted by Gasteiger charge is -2.37. The fourth-order valence-electron chi connectivity index (χ4n) is 2.02. The Labute approximate surface area is 126 Å². The molecule has 2 fully saturated rings. The quantitative estimate of drug-likeness (QED) is 0.491. The third-order valence-electron chi connectivity index (χ3n) is 4.28. The van der Waals surface area contributed by atoms with Gasteiger partial charge in [0.1, 0.15) is 6.10 Å². The molecule has 2 aliphatic rings. The second kappa shape index (κ2) is 4.98. The van der Waals surface area contributed by atoms with E-state index in [1.54, 1.807) is 6.92 Å². The van der Waals surface area contributed by atoms with Gasteiger partial charge in [0.05, 0.1) is 6.61 Å². The molecule has 0 radical (unpaired) electrons. The van der Waals surface area contributed by atoms with Gasteiger partial charge in [0.25, 0.3) is 0 Å². The van der Waals surface area contributed by atoms with Gasteiger partial charge in [0.15, 0.2) is 20.5 Å². The molecule has 1 unspecified atom stereocenters. The number of carbonyl (C=O) groups is 1. The molecule has 7 heteroatoms. The molecule has 0 aromatic heterocycles. The number of esters is 1. The fraction of sp³-hybridized carbons (Fsp3) is 0.923. The van der Waals surface area contributed by atoms with E-state index in [4.69, 9.17) is 18.6 Å². The first-order valence-electron chi connectivity index (χ1n) is 6.85. The second-order valence-electron chi connectivity index (χ2n) is 7.07. The van der Waals surface area contributed by atoms with Crippen LogP contribution in [0, 0.1) is 0 Å². The number of rotatable bonds is 3. The SMILES string of the molecule is CC1(S)O[C@@H]2[C@H](CO[Si](C)(C)C(C)(C)C)OC(=O)[C@@H]2O1. The highest BCUT2D eigenvalue weighted by Crippen LogP contribution is 2.40. The maximum atomic E-state index is 11.8. The van der Waals surface area contributed by atoms with Crippen LogP contribution in [0.1, 0.15) is 27.7 Å². The van der Waals surface area contributed by atoms with Crippen LogP contribution >= 0.6 is 12.6 Å². The molecule has 116 valence electrons. The first-order chi connectivity index (χ1) is 8.93. The standard InChI is InChI=1S/C13H24O5SSi/c1-12(2,3)20(5,6)15-7-8-9-10(11(14)16-8)18-13(4,19)17-9/h8-10,19H,7H2,1-6H3/t8-,9+,10+,13?/m0/s1. The molecule has 2 saturated heterocycles. The third kappa shape index (κ3) is 3.06. The van der Waals surface area contributed by atoms with E-state index >= 15 is 0 Å². The predicted molar refractivity (Wildman–Crippen MR) is 80.2 cm³/mol. The van der Waals surface area contributed by atoms with Gasteiger partial charge in [0, 0.05) is 0 Å². The minimum atomic E-state index is -1.88. The molecule has 0 aromatic rings. The monoisotopic (exact) mass is 320 g/mol. The van der Waals surface area contributed by atoms with Crippen LogP contribution in [0.5, 0.6) is 0 Å². The maximum absolute atomic E-state index is 11.8. The van der Waals surface area contributed by atoms with E-state index in [1.165, 1.54) is 0 Å². The molecule has 2 rings (SSSR count). The highest BCUT2D eigenvalue weighted by atomic mass is 32.1. The van der Waals surface area contributed by atoms with Gasteiger partial charge in [-0.15, -0.1) is 12.6 Å². The lowest BCUT2D eigenvalue weighted by molar-refractivity contribution is -0.166. The van der Waals surface area contributed by atoms with Gasteiger partial charge in [-0.1, -0.05) is 20.8 Å². The van der Waals surface area contributed by atoms with Gasteiger partial charge in [-0.2, -0.15) is 0 Å². The highest BCUT2D eigenvalue weighted by Gasteiger charge is 2.56. The van der Waals surface area contributed by atoms with E-state index in [2.05, 4.69) is 46.5 Å². The summed E-state index contributed by atoms with van der Waals surface area (Å²) < 4.78 is 22.5. The molecular weight excluding hydrogens is 296 g/mol. The molecule has 5 nitrogen and oxygen atoms in total. The van der Waals surface area contributed by atoms with Crippen molar-refractivity contribution < 1.29 is 23.4 Å². The van der Waals surface area contributed by atoms with Crippen molar-refractivity contribution in [2.75, 3.05) is 6.61 Å². The van der Waals surface area contributed by atoms with Crippen LogP contribution in [-0.2, 0) is 23.4 Å². The molecule has 2 heterocycles. The summed E-state index contributed by atoms with van der Waals surface area (Å²) in [5.41, 5.74) is 0. The molecule has 0 amide bonds. The Hall–Kier alpha value is -0.0831. The number of thiol groups is 1. The molecule has 0 bridgehead atoms. The number of ether oxygens (including phenoxy) is 3. The van der Waals surface area contributed by atoms with Crippen molar-refractivity contribution in [3.8, 4) is 0 Å². The topological polar surface area (TPSA) is 54.0 Å². The molecular formula is C13H24O5SSi. The van der Waals surface area contributed by atoms with E-state index in [0.29, 0.717) is 6.61 Å². The van der Waals surface area contributed by atoms with Gasteiger partial charge in [-0.3, -0.25) is 0 Å². The number of cyclic esters (lactones) is 1. The predicted octanol–water partition coefficient (Wildman–Crippen LogP) is 2.32. The molecule has 0 saturated carbocycles. The Morgan fingerprint density at radius 3 is 2.50 bits per heavy atom. The van der Waals surface area contributed by atoms with Crippen LogP contribution in [0.15, 0.2) is 0 Å². The number of hydrogen-bond donors (Lipinski definition) is 1. The van der Waals surface area contributed by atoms with Crippen molar-refractivity contribution in [2.45, 2.75) is 69.3 Å². The van der Waals surface area contributed by atoms with E-state index in [1.807, 2.05) is 0 Å². The van der Waals surface area contributed by atoms with Crippen molar-refractivity contribution in [1.29, 1.82) is 0 Å². The Kier molecular flexibility index (Phi) is 4.06. The van der Waals surface area contributed by atoms with Gasteiger partial charge in [-0.25, -0.2) is 4.79 Å². The average Bonchev–Trinajstić information content (AvgIpc) is 2.70. The van der Waals surface area contributed by atoms with Crippen molar-refractivity contribution in [1.82, 2.24) is 0 Å². The van der Waals surface area contributed by atoms with E-state index in [9.17, 15) is 4.79 Å². The smallest absolute Gasteiger partial charge is 0.338 e. The number of hydrogen-bond acceptors (Lipinski definition) is 6. The highest BCUT2D eigenvalue weighted by molar-refractivity contribution is 7.81. The molecule has 4 atom stereocenters. The molecule has 0 spiro atoms. The zero-order valence-electron chi connectivity index (χ0n) is 12.9. The Morgan fingerprint density at radius 2 is 1.95 bits per heavy atom. The molecule has 0 N–H and O–H groups in total. The Bertz CT molecular complexity index is 404. The van der Waals surface area contributed by atoms with Crippen molar-refractivity contribution >= 4 is 26.9 Å². The summed E-state index contributed by atoms with van der Waals surface area (Å²) in [6.45, 7) is 12.9. The van der Waals surface area contributed by atoms with Gasteiger partial charge >= 0.3 is 5.97 Å². The zero-order chi connectivity index (χ0) is 15.3. The van der Waals surface area contributed by atoms with Crippen molar-refractivity contribution in [2.24, 2.45) is 0 Å². The molecule has 0 aliphatic carbocycles. The van der Waals surface area contributed by atoms with E-state index in [0.717, 1.165) is 0 Å². The largest absolute Gasteiger partial charge is 0.455 e. The van der Waals surface area contributed by atoms with Crippen LogP contribution < -0.4 is 0 Å². The fourth-order valence-corrected chi connectivity index (χ4v) is 3.27. The van der Waals surface area contributed by atoms with Gasteiger partial charge in [0.2, 0.25) is 5.12 Å². The minimum Gasteiger partial charge on any atom is -0.455 e. The first-order valence-corrected chi connectivity index (χ1v) is 10.2. The van der Waals surface area contributed by atoms with E-state index in [-0.39, 0.29) is 5.04 Å².